The van der Waals surface area contributed by atoms with Gasteiger partial charge in [-0.05, 0) is 61.8 Å². The Morgan fingerprint density at radius 3 is 2.09 bits per heavy atom. The largest absolute Gasteiger partial charge is 0.488 e. The van der Waals surface area contributed by atoms with E-state index in [1.807, 2.05) is 32.0 Å². The molecule has 0 saturated heterocycles. The lowest BCUT2D eigenvalue weighted by atomic mass is 9.79. The van der Waals surface area contributed by atoms with Crippen molar-refractivity contribution in [2.24, 2.45) is 5.41 Å². The highest BCUT2D eigenvalue weighted by molar-refractivity contribution is 6.58. The lowest BCUT2D eigenvalue weighted by Crippen LogP contribution is -2.56. The van der Waals surface area contributed by atoms with E-state index in [-0.39, 0.29) is 17.4 Å². The summed E-state index contributed by atoms with van der Waals surface area (Å²) in [7, 11) is -1.61. The standard InChI is InChI=1S/C25H35BN2O4/c1-8-9-22(25(5,6)7)28(24(30)19-13-16(2)12-17(3)14-19)27-23(29)21-11-10-20(26(31)32)15-18(21)4/h10-15,22,31-32H,8-9H2,1-7H3,(H,27,29)/t22-/m1/s1. The Kier molecular flexibility index (Phi) is 8.26. The Hall–Kier alpha value is -2.64. The van der Waals surface area contributed by atoms with Gasteiger partial charge < -0.3 is 10.0 Å². The van der Waals surface area contributed by atoms with Gasteiger partial charge in [0.05, 0.1) is 6.04 Å². The van der Waals surface area contributed by atoms with Crippen molar-refractivity contribution in [2.75, 3.05) is 0 Å². The van der Waals surface area contributed by atoms with Crippen LogP contribution in [0.2, 0.25) is 0 Å². The summed E-state index contributed by atoms with van der Waals surface area (Å²) < 4.78 is 0. The lowest BCUT2D eigenvalue weighted by molar-refractivity contribution is 0.0271. The molecule has 7 heteroatoms. The van der Waals surface area contributed by atoms with Crippen molar-refractivity contribution in [3.63, 3.8) is 0 Å². The van der Waals surface area contributed by atoms with Gasteiger partial charge in [-0.25, -0.2) is 5.01 Å². The summed E-state index contributed by atoms with van der Waals surface area (Å²) in [6, 6.07) is 10.1. The third-order valence-electron chi connectivity index (χ3n) is 5.58. The number of nitrogens with one attached hydrogen (secondary N) is 1. The molecule has 2 aromatic carbocycles. The highest BCUT2D eigenvalue weighted by Crippen LogP contribution is 2.29. The van der Waals surface area contributed by atoms with Gasteiger partial charge in [0.15, 0.2) is 0 Å². The zero-order valence-electron chi connectivity index (χ0n) is 20.2. The molecule has 0 aliphatic carbocycles. The molecule has 32 heavy (non-hydrogen) atoms. The van der Waals surface area contributed by atoms with Crippen LogP contribution in [0.4, 0.5) is 0 Å². The van der Waals surface area contributed by atoms with Crippen LogP contribution in [-0.2, 0) is 0 Å². The smallest absolute Gasteiger partial charge is 0.423 e. The Bertz CT molecular complexity index is 962. The zero-order valence-corrected chi connectivity index (χ0v) is 20.2. The van der Waals surface area contributed by atoms with Crippen molar-refractivity contribution in [2.45, 2.75) is 67.3 Å². The van der Waals surface area contributed by atoms with E-state index >= 15 is 0 Å². The second kappa shape index (κ2) is 10.3. The molecule has 0 aliphatic heterocycles. The summed E-state index contributed by atoms with van der Waals surface area (Å²) in [5.41, 5.74) is 6.37. The van der Waals surface area contributed by atoms with E-state index in [2.05, 4.69) is 33.1 Å². The minimum absolute atomic E-state index is 0.219. The summed E-state index contributed by atoms with van der Waals surface area (Å²) in [6.07, 6.45) is 1.59. The third-order valence-corrected chi connectivity index (χ3v) is 5.58. The van der Waals surface area contributed by atoms with Crippen molar-refractivity contribution < 1.29 is 19.6 Å². The molecule has 172 valence electrons. The molecule has 0 spiro atoms. The van der Waals surface area contributed by atoms with E-state index in [0.717, 1.165) is 24.0 Å². The van der Waals surface area contributed by atoms with Crippen molar-refractivity contribution in [3.05, 3.63) is 64.2 Å². The number of amides is 2. The Morgan fingerprint density at radius 2 is 1.62 bits per heavy atom. The average Bonchev–Trinajstić information content (AvgIpc) is 2.68. The SMILES string of the molecule is CCC[C@@H](N(NC(=O)c1ccc(B(O)O)cc1C)C(=O)c1cc(C)cc(C)c1)C(C)(C)C. The number of benzene rings is 2. The van der Waals surface area contributed by atoms with E-state index in [1.54, 1.807) is 19.1 Å². The lowest BCUT2D eigenvalue weighted by Gasteiger charge is -2.40. The Labute approximate surface area is 191 Å². The molecule has 0 aliphatic rings. The number of rotatable bonds is 6. The van der Waals surface area contributed by atoms with Crippen LogP contribution < -0.4 is 10.9 Å². The van der Waals surface area contributed by atoms with E-state index in [1.165, 1.54) is 11.1 Å². The number of aryl methyl sites for hydroxylation is 3. The van der Waals surface area contributed by atoms with Gasteiger partial charge in [-0.2, -0.15) is 0 Å². The van der Waals surface area contributed by atoms with Gasteiger partial charge in [-0.3, -0.25) is 15.0 Å². The first-order valence-electron chi connectivity index (χ1n) is 11.0. The maximum absolute atomic E-state index is 13.7. The maximum atomic E-state index is 13.7. The third kappa shape index (κ3) is 6.21. The van der Waals surface area contributed by atoms with Gasteiger partial charge in [-0.15, -0.1) is 0 Å². The predicted molar refractivity (Wildman–Crippen MR) is 129 cm³/mol. The minimum Gasteiger partial charge on any atom is -0.423 e. The molecule has 0 radical (unpaired) electrons. The number of nitrogens with zero attached hydrogens (tertiary/aromatic N) is 1. The monoisotopic (exact) mass is 438 g/mol. The molecule has 2 aromatic rings. The van der Waals surface area contributed by atoms with E-state index < -0.39 is 13.0 Å². The Balaban J connectivity index is 2.48. The van der Waals surface area contributed by atoms with Crippen LogP contribution >= 0.6 is 0 Å². The second-order valence-corrected chi connectivity index (χ2v) is 9.61. The van der Waals surface area contributed by atoms with Gasteiger partial charge in [0.2, 0.25) is 0 Å². The van der Waals surface area contributed by atoms with Crippen LogP contribution in [-0.4, -0.2) is 40.0 Å². The molecule has 0 unspecified atom stereocenters. The van der Waals surface area contributed by atoms with Crippen LogP contribution in [0.1, 0.15) is 77.9 Å². The van der Waals surface area contributed by atoms with Crippen LogP contribution in [0.25, 0.3) is 0 Å². The molecule has 0 saturated carbocycles. The first-order chi connectivity index (χ1) is 14.8. The van der Waals surface area contributed by atoms with Crippen LogP contribution in [0.5, 0.6) is 0 Å². The average molecular weight is 438 g/mol. The number of hydrogen-bond donors (Lipinski definition) is 3. The molecule has 0 bridgehead atoms. The van der Waals surface area contributed by atoms with E-state index in [4.69, 9.17) is 0 Å². The second-order valence-electron chi connectivity index (χ2n) is 9.61. The molecular formula is C25H35BN2O4. The molecule has 0 heterocycles. The van der Waals surface area contributed by atoms with Gasteiger partial charge >= 0.3 is 7.12 Å². The quantitative estimate of drug-likeness (QED) is 0.477. The van der Waals surface area contributed by atoms with Gasteiger partial charge in [0.1, 0.15) is 0 Å². The number of hydrazine groups is 1. The fraction of sp³-hybridized carbons (Fsp3) is 0.440. The molecule has 0 fully saturated rings. The van der Waals surface area contributed by atoms with Crippen molar-refractivity contribution in [3.8, 4) is 0 Å². The molecule has 0 aromatic heterocycles. The van der Waals surface area contributed by atoms with Gasteiger partial charge in [0.25, 0.3) is 11.8 Å². The highest BCUT2D eigenvalue weighted by Gasteiger charge is 2.35. The number of carbonyl (C=O) groups is 2. The van der Waals surface area contributed by atoms with Crippen molar-refractivity contribution in [1.82, 2.24) is 10.4 Å². The first kappa shape index (κ1) is 25.6. The van der Waals surface area contributed by atoms with Gasteiger partial charge in [-0.1, -0.05) is 63.4 Å². The van der Waals surface area contributed by atoms with Crippen molar-refractivity contribution >= 4 is 24.4 Å². The summed E-state index contributed by atoms with van der Waals surface area (Å²) in [6.45, 7) is 13.9. The fourth-order valence-corrected chi connectivity index (χ4v) is 4.00. The van der Waals surface area contributed by atoms with Crippen LogP contribution in [0.3, 0.4) is 0 Å². The molecule has 1 atom stereocenters. The van der Waals surface area contributed by atoms with E-state index in [9.17, 15) is 19.6 Å². The topological polar surface area (TPSA) is 89.9 Å². The molecule has 2 rings (SSSR count). The zero-order chi connectivity index (χ0) is 24.2. The number of hydrogen-bond acceptors (Lipinski definition) is 4. The fourth-order valence-electron chi connectivity index (χ4n) is 4.00. The normalized spacial score (nSPS) is 12.3. The minimum atomic E-state index is -1.61. The first-order valence-corrected chi connectivity index (χ1v) is 11.0. The summed E-state index contributed by atoms with van der Waals surface area (Å²) >= 11 is 0. The molecular weight excluding hydrogens is 403 g/mol. The van der Waals surface area contributed by atoms with Crippen molar-refractivity contribution in [1.29, 1.82) is 0 Å². The maximum Gasteiger partial charge on any atom is 0.488 e. The summed E-state index contributed by atoms with van der Waals surface area (Å²) in [5, 5.41) is 20.3. The summed E-state index contributed by atoms with van der Waals surface area (Å²) in [4.78, 5) is 26.9. The van der Waals surface area contributed by atoms with Crippen LogP contribution in [0, 0.1) is 26.2 Å². The molecule has 6 nitrogen and oxygen atoms in total. The highest BCUT2D eigenvalue weighted by atomic mass is 16.4. The molecule has 3 N–H and O–H groups in total. The summed E-state index contributed by atoms with van der Waals surface area (Å²) in [5.74, 6) is -0.664. The predicted octanol–water partition coefficient (Wildman–Crippen LogP) is 3.29. The van der Waals surface area contributed by atoms with Crippen LogP contribution in [0.15, 0.2) is 36.4 Å². The Morgan fingerprint density at radius 1 is 1.03 bits per heavy atom. The number of carbonyl (C=O) groups excluding carboxylic acids is 2. The van der Waals surface area contributed by atoms with E-state index in [0.29, 0.717) is 22.2 Å². The molecule has 2 amide bonds. The van der Waals surface area contributed by atoms with Gasteiger partial charge in [0, 0.05) is 11.1 Å².